The van der Waals surface area contributed by atoms with E-state index in [-0.39, 0.29) is 11.9 Å². The summed E-state index contributed by atoms with van der Waals surface area (Å²) in [7, 11) is 0. The van der Waals surface area contributed by atoms with E-state index in [9.17, 15) is 4.79 Å². The quantitative estimate of drug-likeness (QED) is 0.852. The standard InChI is InChI=1S/C18H21N3O/c19-15-5-6-16-14(12-15)2-1-3-17(16)21-18(22)7-4-13-8-10-20-11-9-13/h5-6,8-12,17H,1-4,7,19H2,(H,21,22). The Morgan fingerprint density at radius 2 is 2.09 bits per heavy atom. The Morgan fingerprint density at radius 1 is 1.27 bits per heavy atom. The van der Waals surface area contributed by atoms with Crippen LogP contribution in [0.3, 0.4) is 0 Å². The fourth-order valence-corrected chi connectivity index (χ4v) is 3.06. The van der Waals surface area contributed by atoms with Crippen LogP contribution in [-0.2, 0) is 17.6 Å². The van der Waals surface area contributed by atoms with Gasteiger partial charge >= 0.3 is 0 Å². The number of rotatable bonds is 4. The van der Waals surface area contributed by atoms with Gasteiger partial charge in [0.2, 0.25) is 5.91 Å². The van der Waals surface area contributed by atoms with Gasteiger partial charge in [-0.05, 0) is 66.6 Å². The van der Waals surface area contributed by atoms with E-state index in [0.29, 0.717) is 6.42 Å². The van der Waals surface area contributed by atoms with E-state index in [1.54, 1.807) is 12.4 Å². The Balaban J connectivity index is 1.61. The number of nitrogens with two attached hydrogens (primary N) is 1. The maximum atomic E-state index is 12.2. The molecule has 4 nitrogen and oxygen atoms in total. The second-order valence-electron chi connectivity index (χ2n) is 5.83. The van der Waals surface area contributed by atoms with Crippen molar-refractivity contribution in [2.24, 2.45) is 0 Å². The molecule has 1 atom stereocenters. The second-order valence-corrected chi connectivity index (χ2v) is 5.83. The molecule has 0 saturated heterocycles. The minimum Gasteiger partial charge on any atom is -0.399 e. The van der Waals surface area contributed by atoms with E-state index in [1.807, 2.05) is 24.3 Å². The average molecular weight is 295 g/mol. The summed E-state index contributed by atoms with van der Waals surface area (Å²) in [6, 6.07) is 10.0. The molecule has 1 aliphatic rings. The SMILES string of the molecule is Nc1ccc2c(c1)CCCC2NC(=O)CCc1ccncc1. The van der Waals surface area contributed by atoms with Crippen molar-refractivity contribution in [1.29, 1.82) is 0 Å². The van der Waals surface area contributed by atoms with E-state index in [1.165, 1.54) is 11.1 Å². The number of anilines is 1. The van der Waals surface area contributed by atoms with Gasteiger partial charge in [-0.15, -0.1) is 0 Å². The molecule has 4 heteroatoms. The minimum atomic E-state index is 0.103. The summed E-state index contributed by atoms with van der Waals surface area (Å²) in [6.45, 7) is 0. The normalized spacial score (nSPS) is 16.8. The van der Waals surface area contributed by atoms with Crippen LogP contribution >= 0.6 is 0 Å². The van der Waals surface area contributed by atoms with Gasteiger partial charge in [-0.2, -0.15) is 0 Å². The van der Waals surface area contributed by atoms with Crippen molar-refractivity contribution in [3.05, 3.63) is 59.4 Å². The highest BCUT2D eigenvalue weighted by Crippen LogP contribution is 2.31. The molecule has 1 aromatic carbocycles. The van der Waals surface area contributed by atoms with Gasteiger partial charge in [0.25, 0.3) is 0 Å². The molecule has 114 valence electrons. The molecule has 22 heavy (non-hydrogen) atoms. The van der Waals surface area contributed by atoms with Gasteiger partial charge in [0, 0.05) is 24.5 Å². The lowest BCUT2D eigenvalue weighted by Gasteiger charge is -2.26. The zero-order chi connectivity index (χ0) is 15.4. The predicted molar refractivity (Wildman–Crippen MR) is 87.2 cm³/mol. The van der Waals surface area contributed by atoms with Crippen molar-refractivity contribution < 1.29 is 4.79 Å². The molecule has 2 aromatic rings. The van der Waals surface area contributed by atoms with Crippen molar-refractivity contribution in [2.75, 3.05) is 5.73 Å². The van der Waals surface area contributed by atoms with Crippen molar-refractivity contribution in [2.45, 2.75) is 38.1 Å². The van der Waals surface area contributed by atoms with Gasteiger partial charge in [0.05, 0.1) is 6.04 Å². The van der Waals surface area contributed by atoms with Crippen LogP contribution in [0.5, 0.6) is 0 Å². The van der Waals surface area contributed by atoms with E-state index in [0.717, 1.165) is 36.9 Å². The maximum absolute atomic E-state index is 12.2. The van der Waals surface area contributed by atoms with Gasteiger partial charge < -0.3 is 11.1 Å². The second kappa shape index (κ2) is 6.60. The first-order chi connectivity index (χ1) is 10.7. The highest BCUT2D eigenvalue weighted by atomic mass is 16.1. The average Bonchev–Trinajstić information content (AvgIpc) is 2.54. The zero-order valence-electron chi connectivity index (χ0n) is 12.6. The molecule has 1 aromatic heterocycles. The maximum Gasteiger partial charge on any atom is 0.220 e. The highest BCUT2D eigenvalue weighted by Gasteiger charge is 2.21. The van der Waals surface area contributed by atoms with E-state index < -0.39 is 0 Å². The largest absolute Gasteiger partial charge is 0.399 e. The number of aryl methyl sites for hydroxylation is 2. The lowest BCUT2D eigenvalue weighted by Crippen LogP contribution is -2.31. The number of fused-ring (bicyclic) bond motifs is 1. The molecule has 1 amide bonds. The lowest BCUT2D eigenvalue weighted by atomic mass is 9.87. The molecule has 1 unspecified atom stereocenters. The van der Waals surface area contributed by atoms with Crippen molar-refractivity contribution >= 4 is 11.6 Å². The molecule has 3 rings (SSSR count). The molecule has 0 saturated carbocycles. The summed E-state index contributed by atoms with van der Waals surface area (Å²) >= 11 is 0. The van der Waals surface area contributed by atoms with Gasteiger partial charge in [0.15, 0.2) is 0 Å². The molecule has 0 fully saturated rings. The number of hydrogen-bond acceptors (Lipinski definition) is 3. The lowest BCUT2D eigenvalue weighted by molar-refractivity contribution is -0.121. The third-order valence-corrected chi connectivity index (χ3v) is 4.21. The van der Waals surface area contributed by atoms with Crippen LogP contribution in [0.1, 0.15) is 42.0 Å². The molecule has 1 heterocycles. The fourth-order valence-electron chi connectivity index (χ4n) is 3.06. The number of nitrogens with zero attached hydrogens (tertiary/aromatic N) is 1. The molecule has 0 bridgehead atoms. The van der Waals surface area contributed by atoms with Crippen LogP contribution in [0.15, 0.2) is 42.7 Å². The van der Waals surface area contributed by atoms with Crippen LogP contribution in [0.4, 0.5) is 5.69 Å². The number of aromatic nitrogens is 1. The molecule has 0 spiro atoms. The van der Waals surface area contributed by atoms with E-state index in [4.69, 9.17) is 5.73 Å². The summed E-state index contributed by atoms with van der Waals surface area (Å²) in [6.07, 6.45) is 7.90. The monoisotopic (exact) mass is 295 g/mol. The first-order valence-corrected chi connectivity index (χ1v) is 7.79. The molecule has 1 aliphatic carbocycles. The van der Waals surface area contributed by atoms with Crippen molar-refractivity contribution in [3.8, 4) is 0 Å². The number of benzene rings is 1. The topological polar surface area (TPSA) is 68.0 Å². The zero-order valence-corrected chi connectivity index (χ0v) is 12.6. The van der Waals surface area contributed by atoms with E-state index in [2.05, 4.69) is 16.4 Å². The summed E-state index contributed by atoms with van der Waals surface area (Å²) in [5.74, 6) is 0.103. The Bertz CT molecular complexity index is 655. The number of nitrogen functional groups attached to an aromatic ring is 1. The van der Waals surface area contributed by atoms with Gasteiger partial charge in [-0.25, -0.2) is 0 Å². The summed E-state index contributed by atoms with van der Waals surface area (Å²) in [5.41, 5.74) is 10.3. The molecular formula is C18H21N3O. The highest BCUT2D eigenvalue weighted by molar-refractivity contribution is 5.76. The Morgan fingerprint density at radius 3 is 2.91 bits per heavy atom. The molecule has 0 aliphatic heterocycles. The van der Waals surface area contributed by atoms with Gasteiger partial charge in [0.1, 0.15) is 0 Å². The first-order valence-electron chi connectivity index (χ1n) is 7.79. The van der Waals surface area contributed by atoms with Gasteiger partial charge in [-0.1, -0.05) is 6.07 Å². The number of carbonyl (C=O) groups excluding carboxylic acids is 1. The third kappa shape index (κ3) is 3.45. The van der Waals surface area contributed by atoms with Crippen LogP contribution in [0.25, 0.3) is 0 Å². The number of hydrogen-bond donors (Lipinski definition) is 2. The third-order valence-electron chi connectivity index (χ3n) is 4.21. The number of amides is 1. The van der Waals surface area contributed by atoms with E-state index >= 15 is 0 Å². The van der Waals surface area contributed by atoms with Crippen LogP contribution in [0.2, 0.25) is 0 Å². The van der Waals surface area contributed by atoms with Crippen molar-refractivity contribution in [1.82, 2.24) is 10.3 Å². The number of pyridine rings is 1. The molecule has 0 radical (unpaired) electrons. The van der Waals surface area contributed by atoms with Crippen LogP contribution in [0, 0.1) is 0 Å². The predicted octanol–water partition coefficient (Wildman–Crippen LogP) is 2.79. The molecular weight excluding hydrogens is 274 g/mol. The summed E-state index contributed by atoms with van der Waals surface area (Å²) < 4.78 is 0. The number of nitrogens with one attached hydrogen (secondary N) is 1. The molecule has 3 N–H and O–H groups in total. The smallest absolute Gasteiger partial charge is 0.220 e. The Hall–Kier alpha value is -2.36. The Labute approximate surface area is 130 Å². The minimum absolute atomic E-state index is 0.103. The van der Waals surface area contributed by atoms with Crippen LogP contribution in [-0.4, -0.2) is 10.9 Å². The summed E-state index contributed by atoms with van der Waals surface area (Å²) in [5, 5.41) is 3.17. The van der Waals surface area contributed by atoms with Gasteiger partial charge in [-0.3, -0.25) is 9.78 Å². The van der Waals surface area contributed by atoms with Crippen LogP contribution < -0.4 is 11.1 Å². The Kier molecular flexibility index (Phi) is 4.37. The number of carbonyl (C=O) groups is 1. The fraction of sp³-hybridized carbons (Fsp3) is 0.333. The summed E-state index contributed by atoms with van der Waals surface area (Å²) in [4.78, 5) is 16.2. The van der Waals surface area contributed by atoms with Crippen molar-refractivity contribution in [3.63, 3.8) is 0 Å². The first kappa shape index (κ1) is 14.6.